The van der Waals surface area contributed by atoms with Crippen LogP contribution in [0.2, 0.25) is 0 Å². The van der Waals surface area contributed by atoms with E-state index in [0.717, 1.165) is 10.9 Å². The average Bonchev–Trinajstić information content (AvgIpc) is 3.97. The molecule has 12 N–H and O–H groups in total. The topological polar surface area (TPSA) is 320 Å². The number of unbranched alkanes of at least 4 members (excludes halogenated alkanes) is 1. The number of nitrogens with one attached hydrogen (secondary N) is 10. The van der Waals surface area contributed by atoms with E-state index in [9.17, 15) is 43.2 Å². The molecule has 4 unspecified atom stereocenters. The molecule has 1 aliphatic rings. The largest absolute Gasteiger partial charge is 0.368 e. The number of imidazole rings is 1. The van der Waals surface area contributed by atoms with E-state index < -0.39 is 95.5 Å². The van der Waals surface area contributed by atoms with Gasteiger partial charge in [0.2, 0.25) is 53.2 Å². The summed E-state index contributed by atoms with van der Waals surface area (Å²) in [5.74, 6) is -6.60. The second-order valence-corrected chi connectivity index (χ2v) is 16.5. The van der Waals surface area contributed by atoms with Crippen LogP contribution in [0.5, 0.6) is 0 Å². The first-order valence-corrected chi connectivity index (χ1v) is 22.3. The summed E-state index contributed by atoms with van der Waals surface area (Å²) in [4.78, 5) is 132. The number of H-pyrrole nitrogens is 2. The van der Waals surface area contributed by atoms with Crippen LogP contribution in [0.25, 0.3) is 10.9 Å². The zero-order valence-corrected chi connectivity index (χ0v) is 37.7. The van der Waals surface area contributed by atoms with Gasteiger partial charge in [-0.2, -0.15) is 0 Å². The first-order chi connectivity index (χ1) is 32.1. The van der Waals surface area contributed by atoms with Gasteiger partial charge in [-0.15, -0.1) is 0 Å². The Morgan fingerprint density at radius 3 is 2.21 bits per heavy atom. The molecule has 0 bridgehead atoms. The normalized spacial score (nSPS) is 21.1. The summed E-state index contributed by atoms with van der Waals surface area (Å²) < 4.78 is 0. The van der Waals surface area contributed by atoms with Crippen LogP contribution in [0.15, 0.2) is 73.3 Å². The molecule has 4 aromatic rings. The lowest BCUT2D eigenvalue weighted by molar-refractivity contribution is -0.135. The number of nitrogens with zero attached hydrogens (tertiary/aromatic N) is 1. The lowest BCUT2D eigenvalue weighted by Crippen LogP contribution is -2.60. The minimum absolute atomic E-state index is 0.0155. The van der Waals surface area contributed by atoms with Crippen LogP contribution in [0, 0.1) is 0 Å². The molecule has 2 aromatic heterocycles. The van der Waals surface area contributed by atoms with Crippen molar-refractivity contribution in [3.63, 3.8) is 0 Å². The Balaban J connectivity index is 1.45. The molecular formula is C46H60N12O9. The number of nitrogens with two attached hydrogens (primary N) is 1. The molecule has 0 radical (unpaired) electrons. The molecule has 21 nitrogen and oxygen atoms in total. The third-order valence-corrected chi connectivity index (χ3v) is 11.3. The van der Waals surface area contributed by atoms with Crippen LogP contribution in [0.3, 0.4) is 0 Å². The van der Waals surface area contributed by atoms with Gasteiger partial charge in [0.1, 0.15) is 42.3 Å². The lowest BCUT2D eigenvalue weighted by Gasteiger charge is -2.27. The van der Waals surface area contributed by atoms with Gasteiger partial charge >= 0.3 is 0 Å². The first-order valence-electron chi connectivity index (χ1n) is 22.3. The van der Waals surface area contributed by atoms with Gasteiger partial charge in [-0.1, -0.05) is 68.3 Å². The van der Waals surface area contributed by atoms with Crippen molar-refractivity contribution in [2.45, 2.75) is 121 Å². The lowest BCUT2D eigenvalue weighted by atomic mass is 10.0. The molecule has 0 saturated carbocycles. The number of aromatic amines is 2. The van der Waals surface area contributed by atoms with E-state index in [4.69, 9.17) is 5.73 Å². The van der Waals surface area contributed by atoms with Crippen LogP contribution < -0.4 is 48.3 Å². The Hall–Kier alpha value is -7.58. The highest BCUT2D eigenvalue weighted by Gasteiger charge is 2.34. The van der Waals surface area contributed by atoms with Crippen LogP contribution >= 0.6 is 0 Å². The number of fused-ring (bicyclic) bond motifs is 1. The third-order valence-electron chi connectivity index (χ3n) is 11.3. The number of hydrogen-bond donors (Lipinski definition) is 11. The monoisotopic (exact) mass is 924 g/mol. The van der Waals surface area contributed by atoms with Crippen molar-refractivity contribution in [1.29, 1.82) is 0 Å². The van der Waals surface area contributed by atoms with Gasteiger partial charge in [-0.05, 0) is 43.4 Å². The molecule has 0 spiro atoms. The molecule has 67 heavy (non-hydrogen) atoms. The van der Waals surface area contributed by atoms with Crippen molar-refractivity contribution in [1.82, 2.24) is 57.5 Å². The van der Waals surface area contributed by atoms with Crippen molar-refractivity contribution in [3.8, 4) is 0 Å². The van der Waals surface area contributed by atoms with Gasteiger partial charge < -0.3 is 58.2 Å². The summed E-state index contributed by atoms with van der Waals surface area (Å²) in [5.41, 5.74) is 8.36. The fourth-order valence-corrected chi connectivity index (χ4v) is 7.57. The Morgan fingerprint density at radius 1 is 0.806 bits per heavy atom. The SMILES string of the molecule is CCCCC(NC(C)=O)C(=O)NC1CCC(=O)NCCC(C(=O)N[C@@H](Cc2c[nH]c3ccccc23)C(N)=O)NC(=O)[C@H](C)NC(=O)C(Cc2ccccc2)NC(=O)[C@H](Cc2cnc[nH]2)NC1=O. The van der Waals surface area contributed by atoms with Crippen LogP contribution in [-0.2, 0) is 62.4 Å². The van der Waals surface area contributed by atoms with E-state index in [-0.39, 0.29) is 51.5 Å². The van der Waals surface area contributed by atoms with E-state index in [0.29, 0.717) is 29.7 Å². The molecule has 358 valence electrons. The highest BCUT2D eigenvalue weighted by Crippen LogP contribution is 2.19. The number of carbonyl (C=O) groups excluding carboxylic acids is 9. The zero-order chi connectivity index (χ0) is 48.5. The van der Waals surface area contributed by atoms with E-state index in [1.807, 2.05) is 31.2 Å². The summed E-state index contributed by atoms with van der Waals surface area (Å²) in [6.45, 7) is 4.36. The Kier molecular flexibility index (Phi) is 18.5. The van der Waals surface area contributed by atoms with E-state index in [1.165, 1.54) is 26.4 Å². The fourth-order valence-electron chi connectivity index (χ4n) is 7.57. The Bertz CT molecular complexity index is 2370. The second-order valence-electron chi connectivity index (χ2n) is 16.5. The molecule has 1 aliphatic heterocycles. The molecule has 9 amide bonds. The van der Waals surface area contributed by atoms with Gasteiger partial charge in [0.25, 0.3) is 0 Å². The first kappa shape index (κ1) is 50.4. The maximum Gasteiger partial charge on any atom is 0.243 e. The second kappa shape index (κ2) is 24.6. The van der Waals surface area contributed by atoms with Crippen LogP contribution in [-0.4, -0.2) is 117 Å². The number of primary amides is 1. The highest BCUT2D eigenvalue weighted by molar-refractivity contribution is 5.98. The quantitative estimate of drug-likeness (QED) is 0.0715. The summed E-state index contributed by atoms with van der Waals surface area (Å²) in [7, 11) is 0. The molecule has 2 aromatic carbocycles. The number of aromatic nitrogens is 3. The Morgan fingerprint density at radius 2 is 1.51 bits per heavy atom. The van der Waals surface area contributed by atoms with Crippen molar-refractivity contribution in [3.05, 3.63) is 90.1 Å². The zero-order valence-electron chi connectivity index (χ0n) is 37.7. The molecule has 21 heteroatoms. The highest BCUT2D eigenvalue weighted by atomic mass is 16.2. The average molecular weight is 925 g/mol. The predicted octanol–water partition coefficient (Wildman–Crippen LogP) is -0.672. The van der Waals surface area contributed by atoms with Gasteiger partial charge in [0, 0.05) is 68.1 Å². The number of hydrogen-bond acceptors (Lipinski definition) is 10. The summed E-state index contributed by atoms with van der Waals surface area (Å²) in [5, 5.41) is 22.0. The fraction of sp³-hybridized carbons (Fsp3) is 0.435. The van der Waals surface area contributed by atoms with Gasteiger partial charge in [-0.25, -0.2) is 4.98 Å². The minimum atomic E-state index is -1.40. The van der Waals surface area contributed by atoms with Crippen LogP contribution in [0.1, 0.15) is 76.1 Å². The molecular weight excluding hydrogens is 865 g/mol. The molecule has 1 saturated heterocycles. The van der Waals surface area contributed by atoms with E-state index >= 15 is 0 Å². The van der Waals surface area contributed by atoms with E-state index in [2.05, 4.69) is 57.5 Å². The van der Waals surface area contributed by atoms with Gasteiger partial charge in [0.05, 0.1) is 6.33 Å². The smallest absolute Gasteiger partial charge is 0.243 e. The van der Waals surface area contributed by atoms with Crippen molar-refractivity contribution in [2.75, 3.05) is 6.54 Å². The summed E-state index contributed by atoms with van der Waals surface area (Å²) in [6, 6.07) is 7.19. The maximum atomic E-state index is 14.3. The third kappa shape index (κ3) is 15.3. The number of carbonyl (C=O) groups is 9. The van der Waals surface area contributed by atoms with Crippen molar-refractivity contribution < 1.29 is 43.2 Å². The molecule has 0 aliphatic carbocycles. The number of benzene rings is 2. The van der Waals surface area contributed by atoms with Crippen molar-refractivity contribution in [2.24, 2.45) is 5.73 Å². The number of para-hydroxylation sites is 1. The molecule has 5 rings (SSSR count). The molecule has 1 fully saturated rings. The van der Waals surface area contributed by atoms with Gasteiger partial charge in [0.15, 0.2) is 0 Å². The molecule has 7 atom stereocenters. The maximum absolute atomic E-state index is 14.3. The van der Waals surface area contributed by atoms with E-state index in [1.54, 1.807) is 36.5 Å². The molecule has 3 heterocycles. The summed E-state index contributed by atoms with van der Waals surface area (Å²) >= 11 is 0. The number of amides is 9. The predicted molar refractivity (Wildman–Crippen MR) is 245 cm³/mol. The Labute approximate surface area is 387 Å². The minimum Gasteiger partial charge on any atom is -0.368 e. The number of rotatable bonds is 15. The van der Waals surface area contributed by atoms with Gasteiger partial charge in [-0.3, -0.25) is 43.2 Å². The standard InChI is InChI=1S/C46H60N12O9/c1-4-5-14-33(53-27(3)59)42(63)55-34-16-17-39(60)49-19-18-35(44(65)56-36(40(47)61)21-29-23-50-32-15-10-9-13-31(29)32)54-41(62)26(2)52-45(66)37(20-28-11-7-6-8-12-28)57-46(67)38(58-43(34)64)22-30-24-48-25-51-30/h6-13,15,23-26,33-38,50H,4-5,14,16-22H2,1-3H3,(H2,47,61)(H,48,51)(H,49,60)(H,52,66)(H,53,59)(H,54,62)(H,55,63)(H,56,65)(H,57,67)(H,58,64)/t26-,33?,34?,35?,36-,37?,38-/m0/s1. The summed E-state index contributed by atoms with van der Waals surface area (Å²) in [6.07, 6.45) is 5.13. The van der Waals surface area contributed by atoms with Crippen LogP contribution in [0.4, 0.5) is 0 Å². The van der Waals surface area contributed by atoms with Crippen molar-refractivity contribution >= 4 is 64.1 Å².